The largest absolute Gasteiger partial charge is 0.355 e. The van der Waals surface area contributed by atoms with Crippen molar-refractivity contribution < 1.29 is 13.6 Å². The van der Waals surface area contributed by atoms with Crippen LogP contribution in [0.15, 0.2) is 65.8 Å². The van der Waals surface area contributed by atoms with Crippen molar-refractivity contribution in [1.82, 2.24) is 14.9 Å². The highest BCUT2D eigenvalue weighted by Gasteiger charge is 2.11. The number of nitrogens with zero attached hydrogens (tertiary/aromatic N) is 2. The number of imidazole rings is 1. The van der Waals surface area contributed by atoms with E-state index in [1.165, 1.54) is 0 Å². The lowest BCUT2D eigenvalue weighted by molar-refractivity contribution is 0.0953. The van der Waals surface area contributed by atoms with Crippen molar-refractivity contribution in [2.45, 2.75) is 30.5 Å². The molecule has 0 atom stereocenters. The third kappa shape index (κ3) is 6.05. The Balaban J connectivity index is 1.57. The van der Waals surface area contributed by atoms with Crippen molar-refractivity contribution in [3.05, 3.63) is 72.3 Å². The molecule has 8 heteroatoms. The maximum absolute atomic E-state index is 12.6. The number of halogens is 2. The van der Waals surface area contributed by atoms with Gasteiger partial charge in [-0.2, -0.15) is 8.78 Å². The van der Waals surface area contributed by atoms with Crippen molar-refractivity contribution in [2.24, 2.45) is 0 Å². The summed E-state index contributed by atoms with van der Waals surface area (Å²) in [5.41, 5.74) is 1.90. The van der Waals surface area contributed by atoms with Crippen molar-refractivity contribution in [3.8, 4) is 0 Å². The summed E-state index contributed by atoms with van der Waals surface area (Å²) in [6, 6.07) is 13.9. The van der Waals surface area contributed by atoms with E-state index >= 15 is 0 Å². The number of hydrogen-bond donors (Lipinski definition) is 2. The van der Waals surface area contributed by atoms with E-state index in [1.54, 1.807) is 42.6 Å². The summed E-state index contributed by atoms with van der Waals surface area (Å²) < 4.78 is 26.9. The van der Waals surface area contributed by atoms with Gasteiger partial charge in [0, 0.05) is 36.1 Å². The third-order valence-corrected chi connectivity index (χ3v) is 5.04. The second kappa shape index (κ2) is 10.1. The molecule has 0 radical (unpaired) electrons. The summed E-state index contributed by atoms with van der Waals surface area (Å²) in [6.45, 7) is 3.28. The van der Waals surface area contributed by atoms with Crippen molar-refractivity contribution >= 4 is 29.0 Å². The number of aryl methyl sites for hydroxylation is 2. The average molecular weight is 416 g/mol. The fraction of sp³-hybridized carbons (Fsp3) is 0.238. The molecule has 0 bridgehead atoms. The highest BCUT2D eigenvalue weighted by atomic mass is 32.2. The summed E-state index contributed by atoms with van der Waals surface area (Å²) in [5.74, 6) is -1.67. The molecule has 1 amide bonds. The van der Waals surface area contributed by atoms with Gasteiger partial charge in [-0.3, -0.25) is 4.79 Å². The van der Waals surface area contributed by atoms with Crippen molar-refractivity contribution in [3.63, 3.8) is 0 Å². The topological polar surface area (TPSA) is 59.0 Å². The molecule has 0 aliphatic rings. The predicted molar refractivity (Wildman–Crippen MR) is 112 cm³/mol. The Bertz CT molecular complexity index is 944. The van der Waals surface area contributed by atoms with Gasteiger partial charge in [0.15, 0.2) is 0 Å². The monoisotopic (exact) mass is 416 g/mol. The van der Waals surface area contributed by atoms with Crippen LogP contribution in [0, 0.1) is 6.92 Å². The Morgan fingerprint density at radius 1 is 1.17 bits per heavy atom. The molecule has 0 fully saturated rings. The Kier molecular flexibility index (Phi) is 7.24. The second-order valence-electron chi connectivity index (χ2n) is 6.35. The van der Waals surface area contributed by atoms with Gasteiger partial charge in [-0.25, -0.2) is 4.98 Å². The van der Waals surface area contributed by atoms with Crippen LogP contribution in [0.25, 0.3) is 0 Å². The molecular weight excluding hydrogens is 394 g/mol. The molecule has 0 unspecified atom stereocenters. The van der Waals surface area contributed by atoms with Crippen molar-refractivity contribution in [1.29, 1.82) is 0 Å². The highest BCUT2D eigenvalue weighted by Crippen LogP contribution is 2.27. The standard InChI is InChI=1S/C21H22F2N4OS/c1-15-24-12-14-27(15)13-4-11-25-20(28)18-5-2-3-6-19(18)26-16-7-9-17(10-8-16)29-21(22)23/h2-3,5-10,12,14,21,26H,4,11,13H2,1H3,(H,25,28). The summed E-state index contributed by atoms with van der Waals surface area (Å²) in [7, 11) is 0. The number of nitrogens with one attached hydrogen (secondary N) is 2. The number of alkyl halides is 2. The van der Waals surface area contributed by atoms with E-state index in [2.05, 4.69) is 15.6 Å². The van der Waals surface area contributed by atoms with Crippen LogP contribution in [-0.2, 0) is 6.54 Å². The number of anilines is 2. The Morgan fingerprint density at radius 3 is 2.62 bits per heavy atom. The zero-order chi connectivity index (χ0) is 20.6. The minimum absolute atomic E-state index is 0.166. The summed E-state index contributed by atoms with van der Waals surface area (Å²) in [4.78, 5) is 17.3. The Labute approximate surface area is 172 Å². The summed E-state index contributed by atoms with van der Waals surface area (Å²) >= 11 is 0.502. The number of thioether (sulfide) groups is 1. The van der Waals surface area contributed by atoms with Gasteiger partial charge in [0.05, 0.1) is 11.3 Å². The number of hydrogen-bond acceptors (Lipinski definition) is 4. The lowest BCUT2D eigenvalue weighted by Crippen LogP contribution is -2.26. The van der Waals surface area contributed by atoms with E-state index in [-0.39, 0.29) is 5.91 Å². The first-order valence-electron chi connectivity index (χ1n) is 9.20. The third-order valence-electron chi connectivity index (χ3n) is 4.32. The highest BCUT2D eigenvalue weighted by molar-refractivity contribution is 7.99. The van der Waals surface area contributed by atoms with Gasteiger partial charge in [0.2, 0.25) is 0 Å². The van der Waals surface area contributed by atoms with Gasteiger partial charge in [-0.15, -0.1) is 0 Å². The van der Waals surface area contributed by atoms with Gasteiger partial charge in [0.25, 0.3) is 11.7 Å². The van der Waals surface area contributed by atoms with Crippen LogP contribution in [0.1, 0.15) is 22.6 Å². The average Bonchev–Trinajstić information content (AvgIpc) is 3.11. The fourth-order valence-electron chi connectivity index (χ4n) is 2.85. The maximum Gasteiger partial charge on any atom is 0.288 e. The van der Waals surface area contributed by atoms with E-state index in [9.17, 15) is 13.6 Å². The van der Waals surface area contributed by atoms with Gasteiger partial charge in [-0.05, 0) is 49.7 Å². The number of carbonyl (C=O) groups excluding carboxylic acids is 1. The lowest BCUT2D eigenvalue weighted by Gasteiger charge is -2.13. The van der Waals surface area contributed by atoms with E-state index < -0.39 is 5.76 Å². The van der Waals surface area contributed by atoms with Gasteiger partial charge in [0.1, 0.15) is 5.82 Å². The molecule has 0 aliphatic carbocycles. The summed E-state index contributed by atoms with van der Waals surface area (Å²) in [6.07, 6.45) is 4.47. The number of carbonyl (C=O) groups is 1. The van der Waals surface area contributed by atoms with Crippen LogP contribution >= 0.6 is 11.8 Å². The maximum atomic E-state index is 12.6. The molecule has 152 valence electrons. The number of para-hydroxylation sites is 1. The van der Waals surface area contributed by atoms with E-state index in [0.29, 0.717) is 34.5 Å². The smallest absolute Gasteiger partial charge is 0.288 e. The molecule has 3 aromatic rings. The normalized spacial score (nSPS) is 10.9. The molecule has 5 nitrogen and oxygen atoms in total. The van der Waals surface area contributed by atoms with Crippen LogP contribution in [0.4, 0.5) is 20.2 Å². The molecule has 1 aromatic heterocycles. The van der Waals surface area contributed by atoms with Crippen LogP contribution < -0.4 is 10.6 Å². The Hall–Kier alpha value is -2.87. The zero-order valence-electron chi connectivity index (χ0n) is 15.9. The van der Waals surface area contributed by atoms with E-state index in [1.807, 2.05) is 29.8 Å². The first-order valence-corrected chi connectivity index (χ1v) is 10.1. The Morgan fingerprint density at radius 2 is 1.93 bits per heavy atom. The molecule has 2 N–H and O–H groups in total. The zero-order valence-corrected chi connectivity index (χ0v) is 16.8. The quantitative estimate of drug-likeness (QED) is 0.378. The van der Waals surface area contributed by atoms with E-state index in [0.717, 1.165) is 24.5 Å². The molecule has 1 heterocycles. The molecule has 0 saturated carbocycles. The van der Waals surface area contributed by atoms with Gasteiger partial charge < -0.3 is 15.2 Å². The number of amides is 1. The first-order chi connectivity index (χ1) is 14.0. The van der Waals surface area contributed by atoms with Crippen LogP contribution in [0.2, 0.25) is 0 Å². The molecule has 29 heavy (non-hydrogen) atoms. The molecule has 0 spiro atoms. The second-order valence-corrected chi connectivity index (χ2v) is 7.41. The van der Waals surface area contributed by atoms with Gasteiger partial charge in [-0.1, -0.05) is 23.9 Å². The van der Waals surface area contributed by atoms with Crippen LogP contribution in [0.5, 0.6) is 0 Å². The predicted octanol–water partition coefficient (Wildman–Crippen LogP) is 5.07. The van der Waals surface area contributed by atoms with Gasteiger partial charge >= 0.3 is 0 Å². The van der Waals surface area contributed by atoms with Crippen LogP contribution in [-0.4, -0.2) is 27.8 Å². The minimum atomic E-state index is -2.45. The number of benzene rings is 2. The minimum Gasteiger partial charge on any atom is -0.355 e. The lowest BCUT2D eigenvalue weighted by atomic mass is 10.1. The molecule has 2 aromatic carbocycles. The fourth-order valence-corrected chi connectivity index (χ4v) is 3.35. The number of rotatable bonds is 9. The molecule has 0 aliphatic heterocycles. The van der Waals surface area contributed by atoms with Crippen molar-refractivity contribution in [2.75, 3.05) is 11.9 Å². The van der Waals surface area contributed by atoms with E-state index in [4.69, 9.17) is 0 Å². The first kappa shape index (κ1) is 20.9. The summed E-state index contributed by atoms with van der Waals surface area (Å²) in [5, 5.41) is 6.12. The SMILES string of the molecule is Cc1nccn1CCCNC(=O)c1ccccc1Nc1ccc(SC(F)F)cc1. The molecule has 0 saturated heterocycles. The number of aromatic nitrogens is 2. The van der Waals surface area contributed by atoms with Crippen LogP contribution in [0.3, 0.4) is 0 Å². The molecular formula is C21H22F2N4OS. The molecule has 3 rings (SSSR count).